The fourth-order valence-electron chi connectivity index (χ4n) is 3.31. The Labute approximate surface area is 115 Å². The van der Waals surface area contributed by atoms with Crippen LogP contribution in [0.5, 0.6) is 0 Å². The fraction of sp³-hybridized carbons (Fsp3) is 0.333. The van der Waals surface area contributed by atoms with Crippen molar-refractivity contribution in [3.63, 3.8) is 0 Å². The van der Waals surface area contributed by atoms with Crippen LogP contribution in [0.4, 0.5) is 0 Å². The van der Waals surface area contributed by atoms with Gasteiger partial charge in [-0.2, -0.15) is 0 Å². The van der Waals surface area contributed by atoms with E-state index in [1.54, 1.807) is 0 Å². The first kappa shape index (κ1) is 12.4. The van der Waals surface area contributed by atoms with Gasteiger partial charge in [-0.25, -0.2) is 0 Å². The quantitative estimate of drug-likeness (QED) is 0.805. The highest BCUT2D eigenvalue weighted by Gasteiger charge is 2.39. The molecule has 1 aromatic carbocycles. The molecule has 2 N–H and O–H groups in total. The number of hydrogen-bond donors (Lipinski definition) is 1. The molecule has 0 aromatic heterocycles. The van der Waals surface area contributed by atoms with Gasteiger partial charge in [0.15, 0.2) is 0 Å². The lowest BCUT2D eigenvalue weighted by Crippen LogP contribution is -2.45. The first-order chi connectivity index (χ1) is 9.32. The van der Waals surface area contributed by atoms with Crippen LogP contribution in [0.15, 0.2) is 66.3 Å². The van der Waals surface area contributed by atoms with E-state index in [1.165, 1.54) is 11.1 Å². The van der Waals surface area contributed by atoms with Gasteiger partial charge in [0, 0.05) is 5.92 Å². The summed E-state index contributed by atoms with van der Waals surface area (Å²) in [5.41, 5.74) is 9.23. The fourth-order valence-corrected chi connectivity index (χ4v) is 3.31. The van der Waals surface area contributed by atoms with E-state index in [4.69, 9.17) is 5.73 Å². The van der Waals surface area contributed by atoms with E-state index in [0.29, 0.717) is 5.92 Å². The molecule has 3 rings (SSSR count). The zero-order valence-electron chi connectivity index (χ0n) is 11.3. The van der Waals surface area contributed by atoms with Crippen molar-refractivity contribution in [2.75, 3.05) is 0 Å². The van der Waals surface area contributed by atoms with Crippen molar-refractivity contribution in [3.05, 3.63) is 71.8 Å². The Morgan fingerprint density at radius 2 is 1.89 bits per heavy atom. The van der Waals surface area contributed by atoms with Crippen LogP contribution < -0.4 is 5.73 Å². The number of hydrogen-bond acceptors (Lipinski definition) is 1. The number of benzene rings is 1. The third-order valence-electron chi connectivity index (χ3n) is 4.39. The lowest BCUT2D eigenvalue weighted by Gasteiger charge is -2.38. The Kier molecular flexibility index (Phi) is 3.39. The second kappa shape index (κ2) is 5.18. The minimum atomic E-state index is -0.334. The van der Waals surface area contributed by atoms with E-state index < -0.39 is 0 Å². The molecule has 0 saturated heterocycles. The number of rotatable bonds is 3. The summed E-state index contributed by atoms with van der Waals surface area (Å²) in [6.07, 6.45) is 15.7. The molecule has 0 aliphatic heterocycles. The van der Waals surface area contributed by atoms with Gasteiger partial charge in [0.05, 0.1) is 5.54 Å². The van der Waals surface area contributed by atoms with Crippen LogP contribution in [0.1, 0.15) is 31.2 Å². The van der Waals surface area contributed by atoms with Crippen molar-refractivity contribution >= 4 is 0 Å². The standard InChI is InChI=1S/C18H21N/c19-18(17-13-7-8-14-17,15-9-3-1-4-10-15)16-11-5-2-6-12-16/h1-5,7,9-11,13,17H,6,8,12,14,19H2. The third-order valence-corrected chi connectivity index (χ3v) is 4.39. The van der Waals surface area contributed by atoms with Gasteiger partial charge in [-0.05, 0) is 36.8 Å². The van der Waals surface area contributed by atoms with Crippen LogP contribution in [0.2, 0.25) is 0 Å². The molecule has 0 fully saturated rings. The molecule has 98 valence electrons. The van der Waals surface area contributed by atoms with Crippen LogP contribution in [0.25, 0.3) is 0 Å². The summed E-state index contributed by atoms with van der Waals surface area (Å²) in [6, 6.07) is 10.6. The Morgan fingerprint density at radius 3 is 2.53 bits per heavy atom. The van der Waals surface area contributed by atoms with E-state index in [9.17, 15) is 0 Å². The maximum absolute atomic E-state index is 6.95. The second-order valence-electron chi connectivity index (χ2n) is 5.51. The topological polar surface area (TPSA) is 26.0 Å². The van der Waals surface area contributed by atoms with Gasteiger partial charge in [0.1, 0.15) is 0 Å². The normalized spacial score (nSPS) is 25.1. The van der Waals surface area contributed by atoms with Crippen LogP contribution >= 0.6 is 0 Å². The Balaban J connectivity index is 2.07. The molecule has 0 bridgehead atoms. The predicted molar refractivity (Wildman–Crippen MR) is 80.6 cm³/mol. The van der Waals surface area contributed by atoms with E-state index in [2.05, 4.69) is 60.7 Å². The summed E-state index contributed by atoms with van der Waals surface area (Å²) < 4.78 is 0. The molecule has 19 heavy (non-hydrogen) atoms. The van der Waals surface area contributed by atoms with E-state index in [1.807, 2.05) is 0 Å². The average molecular weight is 251 g/mol. The molecule has 2 unspecified atom stereocenters. The lowest BCUT2D eigenvalue weighted by atomic mass is 9.71. The van der Waals surface area contributed by atoms with Gasteiger partial charge in [0.25, 0.3) is 0 Å². The minimum absolute atomic E-state index is 0.334. The van der Waals surface area contributed by atoms with E-state index >= 15 is 0 Å². The van der Waals surface area contributed by atoms with Crippen molar-refractivity contribution < 1.29 is 0 Å². The zero-order valence-corrected chi connectivity index (χ0v) is 11.3. The highest BCUT2D eigenvalue weighted by Crippen LogP contribution is 2.42. The summed E-state index contributed by atoms with van der Waals surface area (Å²) in [5, 5.41) is 0. The van der Waals surface area contributed by atoms with Crippen LogP contribution in [0, 0.1) is 5.92 Å². The summed E-state index contributed by atoms with van der Waals surface area (Å²) in [6.45, 7) is 0. The molecule has 0 radical (unpaired) electrons. The smallest absolute Gasteiger partial charge is 0.0691 e. The van der Waals surface area contributed by atoms with Gasteiger partial charge in [0.2, 0.25) is 0 Å². The Bertz CT molecular complexity index is 524. The summed E-state index contributed by atoms with van der Waals surface area (Å²) in [4.78, 5) is 0. The molecule has 0 heterocycles. The van der Waals surface area contributed by atoms with Crippen molar-refractivity contribution in [2.24, 2.45) is 11.7 Å². The molecule has 1 nitrogen and oxygen atoms in total. The first-order valence-corrected chi connectivity index (χ1v) is 7.19. The lowest BCUT2D eigenvalue weighted by molar-refractivity contribution is 0.369. The highest BCUT2D eigenvalue weighted by atomic mass is 14.8. The highest BCUT2D eigenvalue weighted by molar-refractivity contribution is 5.41. The first-order valence-electron chi connectivity index (χ1n) is 7.19. The number of allylic oxidation sites excluding steroid dienone is 4. The summed E-state index contributed by atoms with van der Waals surface area (Å²) >= 11 is 0. The Hall–Kier alpha value is -1.60. The third kappa shape index (κ3) is 2.19. The molecule has 2 atom stereocenters. The molecule has 0 spiro atoms. The van der Waals surface area contributed by atoms with Crippen molar-refractivity contribution in [3.8, 4) is 0 Å². The molecule has 0 amide bonds. The molecule has 0 saturated carbocycles. The maximum Gasteiger partial charge on any atom is 0.0691 e. The average Bonchev–Trinajstić information content (AvgIpc) is 3.03. The van der Waals surface area contributed by atoms with Gasteiger partial charge in [-0.3, -0.25) is 0 Å². The molecule has 1 heteroatoms. The van der Waals surface area contributed by atoms with Crippen LogP contribution in [-0.2, 0) is 5.54 Å². The summed E-state index contributed by atoms with van der Waals surface area (Å²) in [7, 11) is 0. The monoisotopic (exact) mass is 251 g/mol. The van der Waals surface area contributed by atoms with E-state index in [0.717, 1.165) is 25.7 Å². The van der Waals surface area contributed by atoms with Gasteiger partial charge < -0.3 is 5.73 Å². The Morgan fingerprint density at radius 1 is 1.05 bits per heavy atom. The number of nitrogens with two attached hydrogens (primary N) is 1. The molecule has 1 aromatic rings. The predicted octanol–water partition coefficient (Wildman–Crippen LogP) is 4.08. The molecule has 2 aliphatic carbocycles. The van der Waals surface area contributed by atoms with Crippen molar-refractivity contribution in [2.45, 2.75) is 31.2 Å². The van der Waals surface area contributed by atoms with Gasteiger partial charge in [-0.15, -0.1) is 0 Å². The van der Waals surface area contributed by atoms with Crippen LogP contribution in [0.3, 0.4) is 0 Å². The van der Waals surface area contributed by atoms with Crippen LogP contribution in [-0.4, -0.2) is 0 Å². The van der Waals surface area contributed by atoms with Crippen molar-refractivity contribution in [1.82, 2.24) is 0 Å². The molecular weight excluding hydrogens is 230 g/mol. The SMILES string of the molecule is NC(C1=CC=CCC1)(c1ccccc1)C1C=CCC1. The summed E-state index contributed by atoms with van der Waals surface area (Å²) in [5.74, 6) is 0.424. The minimum Gasteiger partial charge on any atom is -0.317 e. The molecule has 2 aliphatic rings. The maximum atomic E-state index is 6.95. The second-order valence-corrected chi connectivity index (χ2v) is 5.51. The van der Waals surface area contributed by atoms with Crippen molar-refractivity contribution in [1.29, 1.82) is 0 Å². The molecular formula is C18H21N. The largest absolute Gasteiger partial charge is 0.317 e. The zero-order chi connectivity index (χ0) is 13.1. The van der Waals surface area contributed by atoms with Gasteiger partial charge in [-0.1, -0.05) is 60.7 Å². The van der Waals surface area contributed by atoms with E-state index in [-0.39, 0.29) is 5.54 Å². The van der Waals surface area contributed by atoms with Gasteiger partial charge >= 0.3 is 0 Å².